The number of carbonyl (C=O) groups is 1. The van der Waals surface area contributed by atoms with Crippen LogP contribution in [0.3, 0.4) is 0 Å². The summed E-state index contributed by atoms with van der Waals surface area (Å²) < 4.78 is 33.8. The van der Waals surface area contributed by atoms with Crippen molar-refractivity contribution in [3.05, 3.63) is 22.7 Å². The first kappa shape index (κ1) is 16.8. The largest absolute Gasteiger partial charge is 0.493 e. The number of hydrogen-bond donors (Lipinski definition) is 0. The Morgan fingerprint density at radius 1 is 1.35 bits per heavy atom. The summed E-state index contributed by atoms with van der Waals surface area (Å²) in [4.78, 5) is 10.7. The fourth-order valence-electron chi connectivity index (χ4n) is 1.44. The van der Waals surface area contributed by atoms with Gasteiger partial charge in [-0.25, -0.2) is 8.42 Å². The molecule has 0 spiro atoms. The van der Waals surface area contributed by atoms with Crippen molar-refractivity contribution in [2.75, 3.05) is 19.5 Å². The highest BCUT2D eigenvalue weighted by Gasteiger charge is 2.18. The number of sulfone groups is 1. The summed E-state index contributed by atoms with van der Waals surface area (Å²) in [5.41, 5.74) is 0.356. The number of hydrogen-bond acceptors (Lipinski definition) is 5. The molecule has 0 fully saturated rings. The zero-order valence-corrected chi connectivity index (χ0v) is 13.1. The van der Waals surface area contributed by atoms with Crippen LogP contribution >= 0.6 is 11.6 Å². The molecule has 0 aliphatic rings. The monoisotopic (exact) mass is 320 g/mol. The van der Waals surface area contributed by atoms with E-state index >= 15 is 0 Å². The van der Waals surface area contributed by atoms with Crippen LogP contribution in [0.2, 0.25) is 5.02 Å². The van der Waals surface area contributed by atoms with Crippen molar-refractivity contribution in [2.24, 2.45) is 0 Å². The average Bonchev–Trinajstić information content (AvgIpc) is 2.39. The van der Waals surface area contributed by atoms with Gasteiger partial charge >= 0.3 is 0 Å². The Balaban J connectivity index is 2.86. The summed E-state index contributed by atoms with van der Waals surface area (Å²) in [6, 6.07) is 2.91. The molecule has 0 amide bonds. The van der Waals surface area contributed by atoms with E-state index in [-0.39, 0.29) is 23.1 Å². The molecule has 20 heavy (non-hydrogen) atoms. The van der Waals surface area contributed by atoms with Crippen LogP contribution in [0.1, 0.15) is 24.2 Å². The maximum atomic E-state index is 11.7. The average molecular weight is 321 g/mol. The Morgan fingerprint density at radius 3 is 2.50 bits per heavy atom. The molecule has 0 aromatic heterocycles. The molecular formula is C13H17ClO5S. The minimum Gasteiger partial charge on any atom is -0.493 e. The first-order valence-corrected chi connectivity index (χ1v) is 8.08. The molecule has 0 N–H and O–H groups in total. The molecule has 1 aromatic carbocycles. The topological polar surface area (TPSA) is 69.7 Å². The Bertz CT molecular complexity index is 581. The van der Waals surface area contributed by atoms with Gasteiger partial charge in [0, 0.05) is 5.56 Å². The van der Waals surface area contributed by atoms with E-state index in [0.717, 1.165) is 0 Å². The van der Waals surface area contributed by atoms with E-state index in [2.05, 4.69) is 0 Å². The van der Waals surface area contributed by atoms with Crippen molar-refractivity contribution in [1.82, 2.24) is 0 Å². The van der Waals surface area contributed by atoms with Gasteiger partial charge in [0.2, 0.25) is 0 Å². The first-order valence-electron chi connectivity index (χ1n) is 5.99. The van der Waals surface area contributed by atoms with E-state index in [9.17, 15) is 13.2 Å². The fraction of sp³-hybridized carbons (Fsp3) is 0.462. The number of ether oxygens (including phenoxy) is 2. The third kappa shape index (κ3) is 4.11. The summed E-state index contributed by atoms with van der Waals surface area (Å²) >= 11 is 5.99. The molecule has 112 valence electrons. The molecule has 5 nitrogen and oxygen atoms in total. The van der Waals surface area contributed by atoms with Crippen LogP contribution in [0.15, 0.2) is 12.1 Å². The molecule has 0 saturated carbocycles. The molecule has 0 aliphatic heterocycles. The van der Waals surface area contributed by atoms with Gasteiger partial charge in [0.05, 0.1) is 23.1 Å². The lowest BCUT2D eigenvalue weighted by Crippen LogP contribution is -2.22. The van der Waals surface area contributed by atoms with Crippen LogP contribution in [-0.4, -0.2) is 39.4 Å². The zero-order valence-electron chi connectivity index (χ0n) is 11.6. The highest BCUT2D eigenvalue weighted by atomic mass is 35.5. The van der Waals surface area contributed by atoms with Crippen LogP contribution < -0.4 is 9.47 Å². The molecule has 0 radical (unpaired) electrons. The first-order chi connectivity index (χ1) is 9.31. The predicted octanol–water partition coefficient (Wildman–Crippen LogP) is 2.36. The number of halogens is 1. The fourth-order valence-corrected chi connectivity index (χ4v) is 2.50. The number of carbonyl (C=O) groups excluding carboxylic acids is 1. The van der Waals surface area contributed by atoms with E-state index < -0.39 is 15.1 Å². The number of aldehydes is 1. The van der Waals surface area contributed by atoms with Gasteiger partial charge in [-0.3, -0.25) is 4.79 Å². The molecule has 0 unspecified atom stereocenters. The second kappa shape index (κ2) is 6.95. The van der Waals surface area contributed by atoms with E-state index in [1.54, 1.807) is 13.8 Å². The maximum absolute atomic E-state index is 11.7. The molecular weight excluding hydrogens is 304 g/mol. The number of benzene rings is 1. The minimum atomic E-state index is -3.18. The van der Waals surface area contributed by atoms with Crippen molar-refractivity contribution in [1.29, 1.82) is 0 Å². The molecule has 0 aliphatic carbocycles. The molecule has 1 aromatic rings. The molecule has 0 atom stereocenters. The Kier molecular flexibility index (Phi) is 5.83. The Hall–Kier alpha value is -1.27. The van der Waals surface area contributed by atoms with E-state index in [4.69, 9.17) is 21.1 Å². The SMILES string of the molecule is COc1cc(C=O)cc(Cl)c1OCCS(=O)(=O)C(C)C. The van der Waals surface area contributed by atoms with Gasteiger partial charge in [-0.2, -0.15) is 0 Å². The van der Waals surface area contributed by atoms with Gasteiger partial charge in [-0.1, -0.05) is 11.6 Å². The predicted molar refractivity (Wildman–Crippen MR) is 77.8 cm³/mol. The third-order valence-electron chi connectivity index (χ3n) is 2.72. The van der Waals surface area contributed by atoms with Crippen molar-refractivity contribution >= 4 is 27.7 Å². The van der Waals surface area contributed by atoms with E-state index in [1.165, 1.54) is 19.2 Å². The molecule has 0 bridgehead atoms. The number of rotatable bonds is 7. The normalized spacial score (nSPS) is 11.4. The molecule has 0 saturated heterocycles. The van der Waals surface area contributed by atoms with Crippen molar-refractivity contribution in [2.45, 2.75) is 19.1 Å². The third-order valence-corrected chi connectivity index (χ3v) is 5.17. The standard InChI is InChI=1S/C13H17ClO5S/c1-9(2)20(16,17)5-4-19-13-11(14)6-10(8-15)7-12(13)18-3/h6-9H,4-5H2,1-3H3. The van der Waals surface area contributed by atoms with Crippen LogP contribution in [0, 0.1) is 0 Å². The van der Waals surface area contributed by atoms with Gasteiger partial charge in [0.1, 0.15) is 12.9 Å². The van der Waals surface area contributed by atoms with Crippen molar-refractivity contribution in [3.63, 3.8) is 0 Å². The van der Waals surface area contributed by atoms with Gasteiger partial charge in [-0.05, 0) is 26.0 Å². The maximum Gasteiger partial charge on any atom is 0.179 e. The van der Waals surface area contributed by atoms with Gasteiger partial charge in [0.15, 0.2) is 21.3 Å². The quantitative estimate of drug-likeness (QED) is 0.721. The van der Waals surface area contributed by atoms with Crippen LogP contribution in [0.4, 0.5) is 0 Å². The van der Waals surface area contributed by atoms with Gasteiger partial charge in [-0.15, -0.1) is 0 Å². The lowest BCUT2D eigenvalue weighted by molar-refractivity contribution is 0.112. The lowest BCUT2D eigenvalue weighted by Gasteiger charge is -2.13. The Labute approximate surface area is 123 Å². The second-order valence-electron chi connectivity index (χ2n) is 4.42. The summed E-state index contributed by atoms with van der Waals surface area (Å²) in [5.74, 6) is 0.416. The highest BCUT2D eigenvalue weighted by Crippen LogP contribution is 2.36. The lowest BCUT2D eigenvalue weighted by atomic mass is 10.2. The number of methoxy groups -OCH3 is 1. The van der Waals surface area contributed by atoms with Crippen LogP contribution in [-0.2, 0) is 9.84 Å². The second-order valence-corrected chi connectivity index (χ2v) is 7.50. The summed E-state index contributed by atoms with van der Waals surface area (Å²) in [6.07, 6.45) is 0.640. The van der Waals surface area contributed by atoms with Crippen LogP contribution in [0.5, 0.6) is 11.5 Å². The zero-order chi connectivity index (χ0) is 15.3. The summed E-state index contributed by atoms with van der Waals surface area (Å²) in [6.45, 7) is 3.20. The summed E-state index contributed by atoms with van der Waals surface area (Å²) in [5, 5.41) is -0.255. The molecule has 7 heteroatoms. The van der Waals surface area contributed by atoms with Gasteiger partial charge in [0.25, 0.3) is 0 Å². The van der Waals surface area contributed by atoms with E-state index in [1.807, 2.05) is 0 Å². The van der Waals surface area contributed by atoms with Crippen LogP contribution in [0.25, 0.3) is 0 Å². The van der Waals surface area contributed by atoms with Gasteiger partial charge < -0.3 is 9.47 Å². The van der Waals surface area contributed by atoms with E-state index in [0.29, 0.717) is 17.6 Å². The smallest absolute Gasteiger partial charge is 0.179 e. The minimum absolute atomic E-state index is 0.0307. The molecule has 1 rings (SSSR count). The molecule has 0 heterocycles. The van der Waals surface area contributed by atoms with Crippen molar-refractivity contribution in [3.8, 4) is 11.5 Å². The summed E-state index contributed by atoms with van der Waals surface area (Å²) in [7, 11) is -1.76. The van der Waals surface area contributed by atoms with Crippen molar-refractivity contribution < 1.29 is 22.7 Å². The Morgan fingerprint density at radius 2 is 2.00 bits per heavy atom. The highest BCUT2D eigenvalue weighted by molar-refractivity contribution is 7.91.